The molecule has 3 rings (SSSR count). The van der Waals surface area contributed by atoms with E-state index < -0.39 is 0 Å². The summed E-state index contributed by atoms with van der Waals surface area (Å²) in [5.74, 6) is 1.06. The second-order valence-electron chi connectivity index (χ2n) is 3.92. The lowest BCUT2D eigenvalue weighted by atomic mass is 9.92. The Morgan fingerprint density at radius 1 is 1.25 bits per heavy atom. The van der Waals surface area contributed by atoms with Crippen LogP contribution in [-0.4, -0.2) is 11.2 Å². The number of rotatable bonds is 0. The average Bonchev–Trinajstić information content (AvgIpc) is 2.78. The molecule has 1 aromatic rings. The first-order valence-corrected chi connectivity index (χ1v) is 4.64. The molecule has 1 heteroatoms. The Hall–Kier alpha value is -0.820. The minimum atomic E-state index is -0.0337. The predicted octanol–water partition coefficient (Wildman–Crippen LogP) is 1.71. The molecule has 0 bridgehead atoms. The Bertz CT molecular complexity index is 319. The van der Waals surface area contributed by atoms with Crippen molar-refractivity contribution in [3.05, 3.63) is 35.4 Å². The molecule has 1 fully saturated rings. The van der Waals surface area contributed by atoms with Gasteiger partial charge in [0.05, 0.1) is 6.10 Å². The van der Waals surface area contributed by atoms with Crippen LogP contribution in [0.4, 0.5) is 0 Å². The first-order chi connectivity index (χ1) is 5.88. The lowest BCUT2D eigenvalue weighted by molar-refractivity contribution is 0.254. The van der Waals surface area contributed by atoms with Gasteiger partial charge in [-0.1, -0.05) is 24.3 Å². The molecule has 0 radical (unpaired) electrons. The van der Waals surface area contributed by atoms with Gasteiger partial charge in [-0.05, 0) is 29.9 Å². The van der Waals surface area contributed by atoms with E-state index >= 15 is 0 Å². The fourth-order valence-corrected chi connectivity index (χ4v) is 2.53. The summed E-state index contributed by atoms with van der Waals surface area (Å²) in [5, 5.41) is 9.57. The number of aryl methyl sites for hydroxylation is 1. The second-order valence-corrected chi connectivity index (χ2v) is 3.92. The Morgan fingerprint density at radius 2 is 2.08 bits per heavy atom. The highest BCUT2D eigenvalue weighted by molar-refractivity contribution is 5.39. The Kier molecular flexibility index (Phi) is 1.17. The highest BCUT2D eigenvalue weighted by Crippen LogP contribution is 2.54. The molecule has 1 saturated carbocycles. The summed E-state index contributed by atoms with van der Waals surface area (Å²) in [5.41, 5.74) is 2.86. The van der Waals surface area contributed by atoms with Crippen LogP contribution in [-0.2, 0) is 6.42 Å². The van der Waals surface area contributed by atoms with Crippen molar-refractivity contribution in [3.63, 3.8) is 0 Å². The summed E-state index contributed by atoms with van der Waals surface area (Å²) in [4.78, 5) is 0. The molecule has 3 unspecified atom stereocenters. The van der Waals surface area contributed by atoms with Crippen LogP contribution < -0.4 is 0 Å². The highest BCUT2D eigenvalue weighted by atomic mass is 16.3. The summed E-state index contributed by atoms with van der Waals surface area (Å²) in [6.45, 7) is 0. The van der Waals surface area contributed by atoms with Gasteiger partial charge in [0.1, 0.15) is 0 Å². The van der Waals surface area contributed by atoms with Crippen molar-refractivity contribution in [1.29, 1.82) is 0 Å². The van der Waals surface area contributed by atoms with Crippen LogP contribution >= 0.6 is 0 Å². The van der Waals surface area contributed by atoms with Crippen molar-refractivity contribution in [2.75, 3.05) is 0 Å². The molecule has 0 heterocycles. The monoisotopic (exact) mass is 160 g/mol. The highest BCUT2D eigenvalue weighted by Gasteiger charge is 2.52. The van der Waals surface area contributed by atoms with Crippen LogP contribution in [0, 0.1) is 5.92 Å². The van der Waals surface area contributed by atoms with Gasteiger partial charge in [-0.15, -0.1) is 0 Å². The van der Waals surface area contributed by atoms with Gasteiger partial charge in [0, 0.05) is 5.92 Å². The summed E-state index contributed by atoms with van der Waals surface area (Å²) in [7, 11) is 0. The van der Waals surface area contributed by atoms with E-state index in [4.69, 9.17) is 0 Å². The number of hydrogen-bond acceptors (Lipinski definition) is 1. The molecule has 12 heavy (non-hydrogen) atoms. The Morgan fingerprint density at radius 3 is 3.00 bits per heavy atom. The Labute approximate surface area is 72.0 Å². The van der Waals surface area contributed by atoms with Crippen molar-refractivity contribution in [1.82, 2.24) is 0 Å². The summed E-state index contributed by atoms with van der Waals surface area (Å²) in [6.07, 6.45) is 2.31. The number of aliphatic hydroxyl groups is 1. The van der Waals surface area contributed by atoms with Crippen LogP contribution in [0.2, 0.25) is 0 Å². The van der Waals surface area contributed by atoms with Gasteiger partial charge in [0.2, 0.25) is 0 Å². The molecule has 2 aliphatic rings. The molecule has 0 saturated heterocycles. The normalized spacial score (nSPS) is 36.9. The van der Waals surface area contributed by atoms with Crippen molar-refractivity contribution < 1.29 is 5.11 Å². The van der Waals surface area contributed by atoms with Crippen molar-refractivity contribution in [2.45, 2.75) is 24.9 Å². The third-order valence-corrected chi connectivity index (χ3v) is 3.29. The molecule has 1 N–H and O–H groups in total. The number of hydrogen-bond donors (Lipinski definition) is 1. The van der Waals surface area contributed by atoms with Gasteiger partial charge in [0.25, 0.3) is 0 Å². The lowest BCUT2D eigenvalue weighted by Crippen LogP contribution is -2.00. The van der Waals surface area contributed by atoms with Crippen molar-refractivity contribution in [2.24, 2.45) is 5.92 Å². The maximum atomic E-state index is 9.57. The van der Waals surface area contributed by atoms with Crippen molar-refractivity contribution >= 4 is 0 Å². The topological polar surface area (TPSA) is 20.2 Å². The number of benzene rings is 1. The van der Waals surface area contributed by atoms with Crippen LogP contribution in [0.5, 0.6) is 0 Å². The second kappa shape index (κ2) is 2.11. The summed E-state index contributed by atoms with van der Waals surface area (Å²) >= 11 is 0. The van der Waals surface area contributed by atoms with E-state index in [2.05, 4.69) is 24.3 Å². The van der Waals surface area contributed by atoms with Crippen molar-refractivity contribution in [3.8, 4) is 0 Å². The molecule has 0 aliphatic heterocycles. The molecule has 1 aromatic carbocycles. The van der Waals surface area contributed by atoms with E-state index in [0.29, 0.717) is 11.8 Å². The molecular weight excluding hydrogens is 148 g/mol. The minimum Gasteiger partial charge on any atom is -0.392 e. The SMILES string of the molecule is OC1C2CCc3ccccc3C12. The lowest BCUT2D eigenvalue weighted by Gasteiger charge is -2.12. The molecular formula is C11H12O. The minimum absolute atomic E-state index is 0.0337. The molecule has 2 aliphatic carbocycles. The van der Waals surface area contributed by atoms with E-state index in [-0.39, 0.29) is 6.10 Å². The number of fused-ring (bicyclic) bond motifs is 3. The van der Waals surface area contributed by atoms with Gasteiger partial charge < -0.3 is 5.11 Å². The van der Waals surface area contributed by atoms with Crippen LogP contribution in [0.25, 0.3) is 0 Å². The van der Waals surface area contributed by atoms with E-state index in [1.54, 1.807) is 0 Å². The molecule has 1 nitrogen and oxygen atoms in total. The first-order valence-electron chi connectivity index (χ1n) is 4.64. The smallest absolute Gasteiger partial charge is 0.0647 e. The molecule has 0 amide bonds. The fraction of sp³-hybridized carbons (Fsp3) is 0.455. The standard InChI is InChI=1S/C11H12O/c12-11-9-6-5-7-3-1-2-4-8(7)10(9)11/h1-4,9-12H,5-6H2. The quantitative estimate of drug-likeness (QED) is 0.612. The summed E-state index contributed by atoms with van der Waals surface area (Å²) < 4.78 is 0. The third-order valence-electron chi connectivity index (χ3n) is 3.29. The molecule has 0 aromatic heterocycles. The Balaban J connectivity index is 2.10. The largest absolute Gasteiger partial charge is 0.392 e. The van der Waals surface area contributed by atoms with Crippen LogP contribution in [0.3, 0.4) is 0 Å². The van der Waals surface area contributed by atoms with E-state index in [9.17, 15) is 5.11 Å². The van der Waals surface area contributed by atoms with E-state index in [0.717, 1.165) is 6.42 Å². The van der Waals surface area contributed by atoms with Gasteiger partial charge in [-0.25, -0.2) is 0 Å². The maximum absolute atomic E-state index is 9.57. The van der Waals surface area contributed by atoms with Gasteiger partial charge in [-0.2, -0.15) is 0 Å². The summed E-state index contributed by atoms with van der Waals surface area (Å²) in [6, 6.07) is 8.53. The first kappa shape index (κ1) is 6.67. The maximum Gasteiger partial charge on any atom is 0.0647 e. The van der Waals surface area contributed by atoms with E-state index in [1.807, 2.05) is 0 Å². The van der Waals surface area contributed by atoms with E-state index in [1.165, 1.54) is 17.5 Å². The fourth-order valence-electron chi connectivity index (χ4n) is 2.53. The zero-order valence-corrected chi connectivity index (χ0v) is 6.90. The average molecular weight is 160 g/mol. The zero-order valence-electron chi connectivity index (χ0n) is 6.90. The van der Waals surface area contributed by atoms with Gasteiger partial charge in [-0.3, -0.25) is 0 Å². The van der Waals surface area contributed by atoms with Crippen LogP contribution in [0.15, 0.2) is 24.3 Å². The zero-order chi connectivity index (χ0) is 8.13. The molecule has 0 spiro atoms. The van der Waals surface area contributed by atoms with Gasteiger partial charge in [0.15, 0.2) is 0 Å². The van der Waals surface area contributed by atoms with Crippen LogP contribution in [0.1, 0.15) is 23.5 Å². The van der Waals surface area contributed by atoms with Gasteiger partial charge >= 0.3 is 0 Å². The third kappa shape index (κ3) is 0.721. The molecule has 62 valence electrons. The predicted molar refractivity (Wildman–Crippen MR) is 47.0 cm³/mol. The molecule has 3 atom stereocenters. The number of aliphatic hydroxyl groups excluding tert-OH is 1.